The van der Waals surface area contributed by atoms with Gasteiger partial charge in [0.15, 0.2) is 0 Å². The molecule has 0 bridgehead atoms. The van der Waals surface area contributed by atoms with Gasteiger partial charge < -0.3 is 5.73 Å². The van der Waals surface area contributed by atoms with Crippen molar-refractivity contribution in [1.29, 1.82) is 0 Å². The van der Waals surface area contributed by atoms with E-state index < -0.39 is 0 Å². The van der Waals surface area contributed by atoms with Crippen LogP contribution in [0.5, 0.6) is 0 Å². The molecule has 0 aliphatic heterocycles. The minimum atomic E-state index is 0.647. The Bertz CT molecular complexity index is 437. The Morgan fingerprint density at radius 1 is 1.50 bits per heavy atom. The van der Waals surface area contributed by atoms with Crippen LogP contribution in [0.3, 0.4) is 0 Å². The van der Waals surface area contributed by atoms with Crippen LogP contribution in [0.15, 0.2) is 12.1 Å². The Labute approximate surface area is 87.4 Å². The summed E-state index contributed by atoms with van der Waals surface area (Å²) in [6.07, 6.45) is 0. The second-order valence-corrected chi connectivity index (χ2v) is 3.88. The van der Waals surface area contributed by atoms with E-state index in [0.29, 0.717) is 10.7 Å². The number of nitrogens with two attached hydrogens (primary N) is 1. The maximum absolute atomic E-state index is 5.96. The largest absolute Gasteiger partial charge is 0.397 e. The van der Waals surface area contributed by atoms with Crippen molar-refractivity contribution in [3.63, 3.8) is 0 Å². The van der Waals surface area contributed by atoms with Gasteiger partial charge in [0.1, 0.15) is 9.22 Å². The summed E-state index contributed by atoms with van der Waals surface area (Å²) in [4.78, 5) is 0. The Morgan fingerprint density at radius 3 is 2.92 bits per heavy atom. The van der Waals surface area contributed by atoms with E-state index in [-0.39, 0.29) is 0 Å². The molecule has 2 aromatic rings. The molecule has 3 nitrogen and oxygen atoms in total. The molecule has 0 saturated carbocycles. The molecule has 0 radical (unpaired) electrons. The lowest BCUT2D eigenvalue weighted by Gasteiger charge is -1.95. The molecule has 0 fully saturated rings. The first-order valence-corrected chi connectivity index (χ1v) is 4.73. The molecule has 3 N–H and O–H groups in total. The van der Waals surface area contributed by atoms with Crippen molar-refractivity contribution in [3.05, 3.63) is 20.9 Å². The fourth-order valence-corrected chi connectivity index (χ4v) is 2.15. The molecular formula is C7H5ClIN3. The van der Waals surface area contributed by atoms with Crippen LogP contribution in [-0.4, -0.2) is 10.2 Å². The molecule has 0 unspecified atom stereocenters. The van der Waals surface area contributed by atoms with Crippen molar-refractivity contribution in [2.45, 2.75) is 0 Å². The molecule has 0 saturated heterocycles. The molecule has 2 rings (SSSR count). The predicted molar refractivity (Wildman–Crippen MR) is 58.2 cm³/mol. The van der Waals surface area contributed by atoms with Crippen molar-refractivity contribution in [2.75, 3.05) is 5.73 Å². The molecule has 1 aromatic carbocycles. The maximum Gasteiger partial charge on any atom is 0.118 e. The number of nitrogens with one attached hydrogen (secondary N) is 1. The third kappa shape index (κ3) is 1.06. The Balaban J connectivity index is 2.98. The van der Waals surface area contributed by atoms with Gasteiger partial charge in [0, 0.05) is 0 Å². The van der Waals surface area contributed by atoms with Gasteiger partial charge in [-0.25, -0.2) is 0 Å². The third-order valence-electron chi connectivity index (χ3n) is 1.64. The smallest absolute Gasteiger partial charge is 0.118 e. The van der Waals surface area contributed by atoms with Crippen molar-refractivity contribution in [1.82, 2.24) is 10.2 Å². The van der Waals surface area contributed by atoms with Gasteiger partial charge in [0.05, 0.1) is 16.1 Å². The highest BCUT2D eigenvalue weighted by Crippen LogP contribution is 2.29. The lowest BCUT2D eigenvalue weighted by molar-refractivity contribution is 1.09. The van der Waals surface area contributed by atoms with Gasteiger partial charge in [0.2, 0.25) is 0 Å². The minimum Gasteiger partial charge on any atom is -0.397 e. The highest BCUT2D eigenvalue weighted by Gasteiger charge is 2.08. The summed E-state index contributed by atoms with van der Waals surface area (Å²) in [7, 11) is 0. The number of H-pyrrole nitrogens is 1. The van der Waals surface area contributed by atoms with E-state index in [1.54, 1.807) is 12.1 Å². The third-order valence-corrected chi connectivity index (χ3v) is 2.74. The van der Waals surface area contributed by atoms with Crippen LogP contribution in [0.2, 0.25) is 5.02 Å². The number of anilines is 1. The monoisotopic (exact) mass is 293 g/mol. The number of halogens is 2. The normalized spacial score (nSPS) is 10.8. The summed E-state index contributed by atoms with van der Waals surface area (Å²) < 4.78 is 0.917. The van der Waals surface area contributed by atoms with Crippen LogP contribution in [0.1, 0.15) is 0 Å². The van der Waals surface area contributed by atoms with Gasteiger partial charge in [-0.15, -0.1) is 0 Å². The first-order chi connectivity index (χ1) is 5.70. The van der Waals surface area contributed by atoms with Gasteiger partial charge in [0.25, 0.3) is 0 Å². The topological polar surface area (TPSA) is 54.7 Å². The highest BCUT2D eigenvalue weighted by atomic mass is 127. The lowest BCUT2D eigenvalue weighted by atomic mass is 10.2. The summed E-state index contributed by atoms with van der Waals surface area (Å²) in [6.45, 7) is 0. The van der Waals surface area contributed by atoms with E-state index in [9.17, 15) is 0 Å². The quantitative estimate of drug-likeness (QED) is 0.579. The average molecular weight is 293 g/mol. The van der Waals surface area contributed by atoms with Crippen molar-refractivity contribution < 1.29 is 0 Å². The van der Waals surface area contributed by atoms with Crippen LogP contribution in [0.25, 0.3) is 10.9 Å². The van der Waals surface area contributed by atoms with E-state index in [0.717, 1.165) is 14.6 Å². The number of nitrogens with zero attached hydrogens (tertiary/aromatic N) is 1. The van der Waals surface area contributed by atoms with Crippen LogP contribution < -0.4 is 5.73 Å². The molecule has 5 heteroatoms. The fraction of sp³-hybridized carbons (Fsp3) is 0. The zero-order chi connectivity index (χ0) is 8.72. The van der Waals surface area contributed by atoms with Crippen LogP contribution in [0.4, 0.5) is 5.69 Å². The second-order valence-electron chi connectivity index (χ2n) is 2.40. The van der Waals surface area contributed by atoms with Crippen LogP contribution >= 0.6 is 34.2 Å². The standard InChI is InChI=1S/C7H5ClIN3/c8-3-1-2-4(10)6-5(3)7(9)12-11-6/h1-2H,10H2,(H,11,12). The molecule has 0 aliphatic carbocycles. The Kier molecular flexibility index (Phi) is 1.88. The number of nitrogen functional groups attached to an aromatic ring is 1. The summed E-state index contributed by atoms with van der Waals surface area (Å²) >= 11 is 8.09. The fourth-order valence-electron chi connectivity index (χ4n) is 1.07. The summed E-state index contributed by atoms with van der Waals surface area (Å²) in [6, 6.07) is 3.53. The Morgan fingerprint density at radius 2 is 2.25 bits per heavy atom. The second kappa shape index (κ2) is 2.77. The zero-order valence-corrected chi connectivity index (χ0v) is 8.85. The van der Waals surface area contributed by atoms with Gasteiger partial charge in [-0.3, -0.25) is 5.10 Å². The predicted octanol–water partition coefficient (Wildman–Crippen LogP) is 2.40. The number of aromatic amines is 1. The van der Waals surface area contributed by atoms with Crippen LogP contribution in [-0.2, 0) is 0 Å². The van der Waals surface area contributed by atoms with Gasteiger partial charge in [-0.2, -0.15) is 5.10 Å². The number of hydrogen-bond donors (Lipinski definition) is 2. The molecule has 0 atom stereocenters. The molecule has 0 spiro atoms. The number of benzene rings is 1. The number of rotatable bonds is 0. The SMILES string of the molecule is Nc1ccc(Cl)c2c(I)[nH]nc12. The van der Waals surface area contributed by atoms with Crippen LogP contribution in [0, 0.1) is 3.70 Å². The minimum absolute atomic E-state index is 0.647. The summed E-state index contributed by atoms with van der Waals surface area (Å²) in [5, 5.41) is 8.45. The summed E-state index contributed by atoms with van der Waals surface area (Å²) in [5.74, 6) is 0. The van der Waals surface area contributed by atoms with Gasteiger partial charge >= 0.3 is 0 Å². The lowest BCUT2D eigenvalue weighted by Crippen LogP contribution is -1.85. The average Bonchev–Trinajstić information content (AvgIpc) is 2.42. The number of hydrogen-bond acceptors (Lipinski definition) is 2. The first-order valence-electron chi connectivity index (χ1n) is 3.27. The number of fused-ring (bicyclic) bond motifs is 1. The molecule has 0 aliphatic rings. The van der Waals surface area contributed by atoms with E-state index in [2.05, 4.69) is 32.8 Å². The van der Waals surface area contributed by atoms with Gasteiger partial charge in [-0.05, 0) is 34.7 Å². The number of aromatic nitrogens is 2. The molecule has 1 aromatic heterocycles. The zero-order valence-electron chi connectivity index (χ0n) is 5.94. The van der Waals surface area contributed by atoms with Gasteiger partial charge in [-0.1, -0.05) is 11.6 Å². The molecule has 0 amide bonds. The van der Waals surface area contributed by atoms with E-state index >= 15 is 0 Å². The van der Waals surface area contributed by atoms with E-state index in [1.807, 2.05) is 0 Å². The van der Waals surface area contributed by atoms with Crippen molar-refractivity contribution in [3.8, 4) is 0 Å². The molecular weight excluding hydrogens is 288 g/mol. The molecule has 1 heterocycles. The van der Waals surface area contributed by atoms with E-state index in [1.165, 1.54) is 0 Å². The summed E-state index contributed by atoms with van der Waals surface area (Å²) in [5.41, 5.74) is 7.08. The highest BCUT2D eigenvalue weighted by molar-refractivity contribution is 14.1. The Hall–Kier alpha value is -0.490. The molecule has 12 heavy (non-hydrogen) atoms. The maximum atomic E-state index is 5.96. The van der Waals surface area contributed by atoms with Crippen molar-refractivity contribution >= 4 is 50.8 Å². The molecule has 62 valence electrons. The first kappa shape index (κ1) is 8.12. The van der Waals surface area contributed by atoms with E-state index in [4.69, 9.17) is 17.3 Å². The van der Waals surface area contributed by atoms with Crippen molar-refractivity contribution in [2.24, 2.45) is 0 Å².